The van der Waals surface area contributed by atoms with Crippen molar-refractivity contribution in [1.82, 2.24) is 0 Å². The fourth-order valence-corrected chi connectivity index (χ4v) is 2.30. The molecule has 0 fully saturated rings. The van der Waals surface area contributed by atoms with Crippen LogP contribution in [-0.4, -0.2) is 53.6 Å². The van der Waals surface area contributed by atoms with Crippen LogP contribution in [0.4, 0.5) is 11.4 Å². The first kappa shape index (κ1) is 16.8. The highest BCUT2D eigenvalue weighted by molar-refractivity contribution is 5.71. The number of hydrogen-bond acceptors (Lipinski definition) is 4. The maximum Gasteiger partial charge on any atom is 0.0637 e. The third-order valence-electron chi connectivity index (χ3n) is 3.46. The largest absolute Gasteiger partial charge is 0.383 e. The van der Waals surface area contributed by atoms with Crippen molar-refractivity contribution in [1.29, 1.82) is 0 Å². The highest BCUT2D eigenvalue weighted by Gasteiger charge is 2.13. The van der Waals surface area contributed by atoms with Crippen molar-refractivity contribution < 1.29 is 9.47 Å². The molecule has 0 heterocycles. The topological polar surface area (TPSA) is 24.9 Å². The van der Waals surface area contributed by atoms with Crippen LogP contribution in [-0.2, 0) is 9.47 Å². The van der Waals surface area contributed by atoms with Crippen LogP contribution in [0.1, 0.15) is 13.8 Å². The fraction of sp³-hybridized carbons (Fsp3) is 0.625. The van der Waals surface area contributed by atoms with Crippen LogP contribution in [0.2, 0.25) is 0 Å². The molecule has 4 heteroatoms. The molecule has 0 spiro atoms. The molecule has 0 N–H and O–H groups in total. The quantitative estimate of drug-likeness (QED) is 0.658. The van der Waals surface area contributed by atoms with Crippen molar-refractivity contribution in [2.45, 2.75) is 13.8 Å². The Morgan fingerprint density at radius 2 is 1.20 bits per heavy atom. The minimum absolute atomic E-state index is 0.742. The zero-order valence-corrected chi connectivity index (χ0v) is 13.3. The van der Waals surface area contributed by atoms with Crippen LogP contribution >= 0.6 is 0 Å². The van der Waals surface area contributed by atoms with Gasteiger partial charge in [0.1, 0.15) is 0 Å². The van der Waals surface area contributed by atoms with E-state index in [-0.39, 0.29) is 0 Å². The van der Waals surface area contributed by atoms with Gasteiger partial charge in [-0.2, -0.15) is 0 Å². The number of para-hydroxylation sites is 2. The Morgan fingerprint density at radius 3 is 1.50 bits per heavy atom. The predicted molar refractivity (Wildman–Crippen MR) is 86.0 cm³/mol. The molecular weight excluding hydrogens is 252 g/mol. The molecule has 1 aromatic rings. The van der Waals surface area contributed by atoms with Crippen LogP contribution < -0.4 is 9.80 Å². The lowest BCUT2D eigenvalue weighted by Gasteiger charge is -2.31. The molecule has 0 aliphatic rings. The molecule has 114 valence electrons. The molecule has 0 aromatic heterocycles. The average Bonchev–Trinajstić information content (AvgIpc) is 2.50. The van der Waals surface area contributed by atoms with Crippen molar-refractivity contribution in [2.24, 2.45) is 0 Å². The molecule has 0 bridgehead atoms. The summed E-state index contributed by atoms with van der Waals surface area (Å²) in [6.07, 6.45) is 0. The van der Waals surface area contributed by atoms with E-state index in [1.54, 1.807) is 14.2 Å². The van der Waals surface area contributed by atoms with Crippen molar-refractivity contribution in [3.05, 3.63) is 24.3 Å². The Labute approximate surface area is 123 Å². The van der Waals surface area contributed by atoms with Gasteiger partial charge in [0.25, 0.3) is 0 Å². The maximum absolute atomic E-state index is 5.21. The van der Waals surface area contributed by atoms with E-state index < -0.39 is 0 Å². The number of likely N-dealkylation sites (N-methyl/N-ethyl adjacent to an activating group) is 2. The number of hydrogen-bond donors (Lipinski definition) is 0. The molecule has 20 heavy (non-hydrogen) atoms. The first-order valence-electron chi connectivity index (χ1n) is 7.35. The smallest absolute Gasteiger partial charge is 0.0637 e. The molecule has 0 atom stereocenters. The van der Waals surface area contributed by atoms with E-state index in [2.05, 4.69) is 47.9 Å². The Balaban J connectivity index is 2.94. The van der Waals surface area contributed by atoms with Gasteiger partial charge in [-0.3, -0.25) is 0 Å². The average molecular weight is 280 g/mol. The van der Waals surface area contributed by atoms with Crippen molar-refractivity contribution in [2.75, 3.05) is 63.4 Å². The summed E-state index contributed by atoms with van der Waals surface area (Å²) in [6, 6.07) is 8.56. The Morgan fingerprint density at radius 1 is 0.800 bits per heavy atom. The summed E-state index contributed by atoms with van der Waals surface area (Å²) in [5.41, 5.74) is 2.54. The van der Waals surface area contributed by atoms with Crippen molar-refractivity contribution in [3.63, 3.8) is 0 Å². The zero-order valence-electron chi connectivity index (χ0n) is 13.3. The van der Waals surface area contributed by atoms with E-state index in [1.807, 2.05) is 0 Å². The number of ether oxygens (including phenoxy) is 2. The van der Waals surface area contributed by atoms with Gasteiger partial charge in [-0.1, -0.05) is 12.1 Å². The molecule has 0 amide bonds. The number of methoxy groups -OCH3 is 2. The molecule has 0 aliphatic heterocycles. The SMILES string of the molecule is CCN(CCOC)c1ccccc1N(CC)CCOC. The predicted octanol–water partition coefficient (Wildman–Crippen LogP) is 2.63. The van der Waals surface area contributed by atoms with Gasteiger partial charge >= 0.3 is 0 Å². The summed E-state index contributed by atoms with van der Waals surface area (Å²) in [5.74, 6) is 0. The standard InChI is InChI=1S/C16H28N2O2/c1-5-17(11-13-19-3)15-9-7-8-10-16(15)18(6-2)12-14-20-4/h7-10H,5-6,11-14H2,1-4H3. The molecule has 4 nitrogen and oxygen atoms in total. The lowest BCUT2D eigenvalue weighted by atomic mass is 10.2. The van der Waals surface area contributed by atoms with Crippen LogP contribution in [0, 0.1) is 0 Å². The summed E-state index contributed by atoms with van der Waals surface area (Å²) in [7, 11) is 3.49. The molecule has 0 saturated heterocycles. The summed E-state index contributed by atoms with van der Waals surface area (Å²) in [4.78, 5) is 4.71. The maximum atomic E-state index is 5.21. The van der Waals surface area contributed by atoms with Crippen molar-refractivity contribution in [3.8, 4) is 0 Å². The van der Waals surface area contributed by atoms with Gasteiger partial charge in [0.05, 0.1) is 24.6 Å². The molecule has 0 unspecified atom stereocenters. The highest BCUT2D eigenvalue weighted by Crippen LogP contribution is 2.28. The van der Waals surface area contributed by atoms with Gasteiger partial charge < -0.3 is 19.3 Å². The fourth-order valence-electron chi connectivity index (χ4n) is 2.30. The monoisotopic (exact) mass is 280 g/mol. The van der Waals surface area contributed by atoms with E-state index in [9.17, 15) is 0 Å². The van der Waals surface area contributed by atoms with Crippen LogP contribution in [0.3, 0.4) is 0 Å². The molecule has 0 saturated carbocycles. The van der Waals surface area contributed by atoms with Crippen molar-refractivity contribution >= 4 is 11.4 Å². The minimum atomic E-state index is 0.742. The van der Waals surface area contributed by atoms with Gasteiger partial charge in [-0.05, 0) is 26.0 Å². The second kappa shape index (κ2) is 9.61. The van der Waals surface area contributed by atoms with Crippen LogP contribution in [0.15, 0.2) is 24.3 Å². The number of anilines is 2. The summed E-state index contributed by atoms with van der Waals surface area (Å²) in [6.45, 7) is 9.61. The lowest BCUT2D eigenvalue weighted by Crippen LogP contribution is -2.32. The Bertz CT molecular complexity index is 336. The lowest BCUT2D eigenvalue weighted by molar-refractivity contribution is 0.204. The third-order valence-corrected chi connectivity index (χ3v) is 3.46. The van der Waals surface area contributed by atoms with Crippen LogP contribution in [0.25, 0.3) is 0 Å². The van der Waals surface area contributed by atoms with Gasteiger partial charge in [0.2, 0.25) is 0 Å². The number of benzene rings is 1. The normalized spacial score (nSPS) is 10.6. The summed E-state index contributed by atoms with van der Waals surface area (Å²) >= 11 is 0. The molecule has 0 radical (unpaired) electrons. The number of nitrogens with zero attached hydrogens (tertiary/aromatic N) is 2. The Kier molecular flexibility index (Phi) is 8.07. The van der Waals surface area contributed by atoms with E-state index in [0.717, 1.165) is 39.4 Å². The van der Waals surface area contributed by atoms with E-state index in [0.29, 0.717) is 0 Å². The van der Waals surface area contributed by atoms with E-state index in [4.69, 9.17) is 9.47 Å². The van der Waals surface area contributed by atoms with Gasteiger partial charge in [-0.25, -0.2) is 0 Å². The minimum Gasteiger partial charge on any atom is -0.383 e. The third kappa shape index (κ3) is 4.69. The molecular formula is C16H28N2O2. The van der Waals surface area contributed by atoms with Crippen LogP contribution in [0.5, 0.6) is 0 Å². The zero-order chi connectivity index (χ0) is 14.8. The van der Waals surface area contributed by atoms with Gasteiger partial charge in [0, 0.05) is 40.4 Å². The van der Waals surface area contributed by atoms with Gasteiger partial charge in [0.15, 0.2) is 0 Å². The van der Waals surface area contributed by atoms with E-state index in [1.165, 1.54) is 11.4 Å². The Hall–Kier alpha value is -1.26. The first-order valence-corrected chi connectivity index (χ1v) is 7.35. The second-order valence-electron chi connectivity index (χ2n) is 4.63. The number of rotatable bonds is 10. The molecule has 1 rings (SSSR count). The molecule has 1 aromatic carbocycles. The summed E-state index contributed by atoms with van der Waals surface area (Å²) < 4.78 is 10.4. The van der Waals surface area contributed by atoms with Gasteiger partial charge in [-0.15, -0.1) is 0 Å². The van der Waals surface area contributed by atoms with E-state index >= 15 is 0 Å². The first-order chi connectivity index (χ1) is 9.78. The highest BCUT2D eigenvalue weighted by atomic mass is 16.5. The molecule has 0 aliphatic carbocycles. The summed E-state index contributed by atoms with van der Waals surface area (Å²) in [5, 5.41) is 0. The second-order valence-corrected chi connectivity index (χ2v) is 4.63.